The Bertz CT molecular complexity index is 274. The van der Waals surface area contributed by atoms with Crippen molar-refractivity contribution in [3.8, 4) is 5.75 Å². The van der Waals surface area contributed by atoms with Crippen molar-refractivity contribution in [3.05, 3.63) is 29.3 Å². The lowest BCUT2D eigenvalue weighted by atomic mass is 10.0. The quantitative estimate of drug-likeness (QED) is 0.639. The molecule has 0 aliphatic heterocycles. The van der Waals surface area contributed by atoms with Gasteiger partial charge in [-0.1, -0.05) is 12.1 Å². The lowest BCUT2D eigenvalue weighted by molar-refractivity contribution is 0.299. The third-order valence-electron chi connectivity index (χ3n) is 1.98. The van der Waals surface area contributed by atoms with E-state index in [4.69, 9.17) is 5.11 Å². The molecule has 0 aliphatic rings. The first-order valence-corrected chi connectivity index (χ1v) is 4.34. The van der Waals surface area contributed by atoms with Gasteiger partial charge in [0.25, 0.3) is 0 Å². The van der Waals surface area contributed by atoms with E-state index in [1.807, 2.05) is 13.1 Å². The summed E-state index contributed by atoms with van der Waals surface area (Å²) in [6, 6.07) is 5.37. The molecule has 0 unspecified atom stereocenters. The van der Waals surface area contributed by atoms with Crippen LogP contribution in [-0.2, 0) is 13.0 Å². The van der Waals surface area contributed by atoms with Gasteiger partial charge in [0, 0.05) is 18.7 Å². The van der Waals surface area contributed by atoms with Gasteiger partial charge in [-0.2, -0.15) is 0 Å². The Balaban J connectivity index is 2.95. The summed E-state index contributed by atoms with van der Waals surface area (Å²) in [7, 11) is 1.83. The molecule has 1 aromatic carbocycles. The van der Waals surface area contributed by atoms with Gasteiger partial charge in [-0.05, 0) is 25.1 Å². The second kappa shape index (κ2) is 4.84. The maximum absolute atomic E-state index is 9.53. The van der Waals surface area contributed by atoms with Crippen LogP contribution < -0.4 is 5.32 Å². The van der Waals surface area contributed by atoms with Gasteiger partial charge in [0.05, 0.1) is 0 Å². The average Bonchev–Trinajstić information content (AvgIpc) is 2.11. The molecular formula is C10H15NO2. The van der Waals surface area contributed by atoms with Crippen molar-refractivity contribution in [3.63, 3.8) is 0 Å². The summed E-state index contributed by atoms with van der Waals surface area (Å²) < 4.78 is 0. The van der Waals surface area contributed by atoms with Crippen LogP contribution in [0.25, 0.3) is 0 Å². The van der Waals surface area contributed by atoms with Gasteiger partial charge in [-0.3, -0.25) is 0 Å². The minimum atomic E-state index is 0.111. The molecule has 3 N–H and O–H groups in total. The average molecular weight is 181 g/mol. The molecule has 1 aromatic rings. The van der Waals surface area contributed by atoms with Crippen LogP contribution in [0, 0.1) is 0 Å². The molecule has 0 aromatic heterocycles. The SMILES string of the molecule is CNCc1c(O)cccc1CCO. The van der Waals surface area contributed by atoms with Crippen molar-refractivity contribution in [1.82, 2.24) is 5.32 Å². The number of benzene rings is 1. The van der Waals surface area contributed by atoms with Gasteiger partial charge in [-0.25, -0.2) is 0 Å². The van der Waals surface area contributed by atoms with Gasteiger partial charge in [0.15, 0.2) is 0 Å². The zero-order valence-corrected chi connectivity index (χ0v) is 7.75. The predicted molar refractivity (Wildman–Crippen MR) is 51.7 cm³/mol. The highest BCUT2D eigenvalue weighted by Gasteiger charge is 2.05. The summed E-state index contributed by atoms with van der Waals surface area (Å²) in [6.07, 6.45) is 0.589. The fourth-order valence-corrected chi connectivity index (χ4v) is 1.36. The number of aliphatic hydroxyl groups is 1. The van der Waals surface area contributed by atoms with Gasteiger partial charge >= 0.3 is 0 Å². The van der Waals surface area contributed by atoms with Crippen molar-refractivity contribution in [2.45, 2.75) is 13.0 Å². The Morgan fingerprint density at radius 1 is 1.38 bits per heavy atom. The van der Waals surface area contributed by atoms with Gasteiger partial charge in [0.2, 0.25) is 0 Å². The molecule has 1 rings (SSSR count). The van der Waals surface area contributed by atoms with E-state index in [1.165, 1.54) is 0 Å². The molecule has 0 atom stereocenters. The maximum atomic E-state index is 9.53. The van der Waals surface area contributed by atoms with E-state index in [9.17, 15) is 5.11 Å². The van der Waals surface area contributed by atoms with Crippen LogP contribution >= 0.6 is 0 Å². The molecule has 0 heterocycles. The summed E-state index contributed by atoms with van der Waals surface area (Å²) in [6.45, 7) is 0.738. The van der Waals surface area contributed by atoms with E-state index in [0.717, 1.165) is 11.1 Å². The fraction of sp³-hybridized carbons (Fsp3) is 0.400. The van der Waals surface area contributed by atoms with Crippen LogP contribution in [0.5, 0.6) is 5.75 Å². The Morgan fingerprint density at radius 3 is 2.77 bits per heavy atom. The van der Waals surface area contributed by atoms with Crippen LogP contribution in [0.3, 0.4) is 0 Å². The minimum absolute atomic E-state index is 0.111. The highest BCUT2D eigenvalue weighted by Crippen LogP contribution is 2.20. The molecule has 0 saturated heterocycles. The van der Waals surface area contributed by atoms with Crippen molar-refractivity contribution in [2.75, 3.05) is 13.7 Å². The number of aliphatic hydroxyl groups excluding tert-OH is 1. The second-order valence-corrected chi connectivity index (χ2v) is 2.92. The van der Waals surface area contributed by atoms with E-state index in [2.05, 4.69) is 5.32 Å². The van der Waals surface area contributed by atoms with Crippen molar-refractivity contribution in [1.29, 1.82) is 0 Å². The first-order valence-electron chi connectivity index (χ1n) is 4.34. The third-order valence-corrected chi connectivity index (χ3v) is 1.98. The van der Waals surface area contributed by atoms with Gasteiger partial charge < -0.3 is 15.5 Å². The third kappa shape index (κ3) is 2.44. The number of nitrogens with one attached hydrogen (secondary N) is 1. The molecule has 0 radical (unpaired) electrons. The van der Waals surface area contributed by atoms with Crippen LogP contribution in [0.15, 0.2) is 18.2 Å². The Hall–Kier alpha value is -1.06. The van der Waals surface area contributed by atoms with E-state index < -0.39 is 0 Å². The highest BCUT2D eigenvalue weighted by molar-refractivity contribution is 5.39. The topological polar surface area (TPSA) is 52.5 Å². The molecule has 0 amide bonds. The van der Waals surface area contributed by atoms with Gasteiger partial charge in [0.1, 0.15) is 5.75 Å². The molecule has 72 valence electrons. The Kier molecular flexibility index (Phi) is 3.73. The summed E-state index contributed by atoms with van der Waals surface area (Å²) >= 11 is 0. The lowest BCUT2D eigenvalue weighted by Crippen LogP contribution is -2.08. The minimum Gasteiger partial charge on any atom is -0.508 e. The predicted octanol–water partition coefficient (Wildman–Crippen LogP) is 0.646. The maximum Gasteiger partial charge on any atom is 0.120 e. The monoisotopic (exact) mass is 181 g/mol. The van der Waals surface area contributed by atoms with Crippen LogP contribution in [0.1, 0.15) is 11.1 Å². The largest absolute Gasteiger partial charge is 0.508 e. The van der Waals surface area contributed by atoms with Crippen LogP contribution in [-0.4, -0.2) is 23.9 Å². The van der Waals surface area contributed by atoms with Crippen LogP contribution in [0.4, 0.5) is 0 Å². The van der Waals surface area contributed by atoms with E-state index in [1.54, 1.807) is 12.1 Å². The zero-order valence-electron chi connectivity index (χ0n) is 7.75. The smallest absolute Gasteiger partial charge is 0.120 e. The number of hydrogen-bond acceptors (Lipinski definition) is 3. The molecule has 0 aliphatic carbocycles. The normalized spacial score (nSPS) is 10.3. The highest BCUT2D eigenvalue weighted by atomic mass is 16.3. The Labute approximate surface area is 78.0 Å². The van der Waals surface area contributed by atoms with E-state index in [-0.39, 0.29) is 6.61 Å². The van der Waals surface area contributed by atoms with Crippen LogP contribution in [0.2, 0.25) is 0 Å². The standard InChI is InChI=1S/C10H15NO2/c1-11-7-9-8(5-6-12)3-2-4-10(9)13/h2-4,11-13H,5-7H2,1H3. The van der Waals surface area contributed by atoms with Gasteiger partial charge in [-0.15, -0.1) is 0 Å². The molecule has 0 spiro atoms. The number of aromatic hydroxyl groups is 1. The summed E-state index contributed by atoms with van der Waals surface area (Å²) in [5.41, 5.74) is 1.87. The first kappa shape index (κ1) is 10.0. The number of hydrogen-bond donors (Lipinski definition) is 3. The van der Waals surface area contributed by atoms with Crippen molar-refractivity contribution >= 4 is 0 Å². The summed E-state index contributed by atoms with van der Waals surface area (Å²) in [5, 5.41) is 21.3. The second-order valence-electron chi connectivity index (χ2n) is 2.92. The summed E-state index contributed by atoms with van der Waals surface area (Å²) in [4.78, 5) is 0. The molecule has 0 bridgehead atoms. The molecule has 3 nitrogen and oxygen atoms in total. The number of rotatable bonds is 4. The molecule has 13 heavy (non-hydrogen) atoms. The molecule has 0 fully saturated rings. The lowest BCUT2D eigenvalue weighted by Gasteiger charge is -2.09. The fourth-order valence-electron chi connectivity index (χ4n) is 1.36. The number of phenols is 1. The molecule has 3 heteroatoms. The molecular weight excluding hydrogens is 166 g/mol. The van der Waals surface area contributed by atoms with E-state index >= 15 is 0 Å². The van der Waals surface area contributed by atoms with Crippen molar-refractivity contribution in [2.24, 2.45) is 0 Å². The first-order chi connectivity index (χ1) is 6.29. The Morgan fingerprint density at radius 2 is 2.15 bits per heavy atom. The van der Waals surface area contributed by atoms with E-state index in [0.29, 0.717) is 18.7 Å². The zero-order chi connectivity index (χ0) is 9.68. The van der Waals surface area contributed by atoms with Crippen molar-refractivity contribution < 1.29 is 10.2 Å². The number of phenolic OH excluding ortho intramolecular Hbond substituents is 1. The summed E-state index contributed by atoms with van der Waals surface area (Å²) in [5.74, 6) is 0.292. The molecule has 0 saturated carbocycles.